The fourth-order valence-electron chi connectivity index (χ4n) is 0. The molecule has 0 rings (SSSR count). The third-order valence-corrected chi connectivity index (χ3v) is 0. The van der Waals surface area contributed by atoms with E-state index in [2.05, 4.69) is 0 Å². The summed E-state index contributed by atoms with van der Waals surface area (Å²) in [6, 6.07) is 0. The number of hydrogen-bond donors (Lipinski definition) is 1. The Morgan fingerprint density at radius 3 is 1.33 bits per heavy atom. The summed E-state index contributed by atoms with van der Waals surface area (Å²) in [5.41, 5.74) is 0. The predicted molar refractivity (Wildman–Crippen MR) is 19.5 cm³/mol. The summed E-state index contributed by atoms with van der Waals surface area (Å²) in [6.07, 6.45) is 0. The van der Waals surface area contributed by atoms with Crippen LogP contribution >= 0.6 is 0 Å². The molecule has 1 N–H and O–H groups in total. The first-order chi connectivity index (χ1) is 3.41. The molecule has 0 spiro atoms. The maximum atomic E-state index is 8.63. The maximum absolute atomic E-state index is 8.63. The van der Waals surface area contributed by atoms with E-state index in [-0.39, 0.29) is 51.4 Å². The molecule has 0 saturated carbocycles. The molecule has 0 aromatic heterocycles. The van der Waals surface area contributed by atoms with E-state index in [0.717, 1.165) is 0 Å². The summed E-state index contributed by atoms with van der Waals surface area (Å²) >= 11 is -2.42. The Labute approximate surface area is 107 Å². The fourth-order valence-corrected chi connectivity index (χ4v) is 0. The molecule has 0 aliphatic heterocycles. The Hall–Kier alpha value is 2.03. The molecule has 0 amide bonds. The third-order valence-electron chi connectivity index (χ3n) is 0. The van der Waals surface area contributed by atoms with Crippen LogP contribution in [0.15, 0.2) is 0 Å². The van der Waals surface area contributed by atoms with Gasteiger partial charge in [0.2, 0.25) is 10.4 Å². The van der Waals surface area contributed by atoms with Gasteiger partial charge in [-0.1, -0.05) is 0 Å². The summed E-state index contributed by atoms with van der Waals surface area (Å²) in [4.78, 5) is 0. The molecule has 0 aromatic carbocycles. The molecule has 6 nitrogen and oxygen atoms in total. The Morgan fingerprint density at radius 1 is 1.33 bits per heavy atom. The molecule has 0 aromatic rings. The van der Waals surface area contributed by atoms with Gasteiger partial charge in [0.05, 0.1) is 0 Å². The van der Waals surface area contributed by atoms with Gasteiger partial charge in [0.25, 0.3) is 0 Å². The Kier molecular flexibility index (Phi) is 19.2. The summed E-state index contributed by atoms with van der Waals surface area (Å²) in [6.45, 7) is 0. The number of hydrogen-bond acceptors (Lipinski definition) is 5. The summed E-state index contributed by atoms with van der Waals surface area (Å²) in [5.74, 6) is 0. The zero-order chi connectivity index (χ0) is 7.21. The van der Waals surface area contributed by atoms with Crippen molar-refractivity contribution >= 4 is 34.7 Å². The monoisotopic (exact) mass is 376 g/mol. The Balaban J connectivity index is -0.0000000800. The van der Waals surface area contributed by atoms with Gasteiger partial charge in [-0.05, 0) is 0 Å². The van der Waals surface area contributed by atoms with Gasteiger partial charge in [-0.2, -0.15) is 0 Å². The Morgan fingerprint density at radius 2 is 1.33 bits per heavy atom. The minimum absolute atomic E-state index is 0. The first-order valence-electron chi connectivity index (χ1n) is 1.09. The minimum atomic E-state index is -4.92. The molecule has 0 saturated heterocycles. The van der Waals surface area contributed by atoms with E-state index in [9.17, 15) is 0 Å². The second-order valence-electron chi connectivity index (χ2n) is 0.511. The van der Waals surface area contributed by atoms with E-state index in [1.165, 1.54) is 0 Å². The second kappa shape index (κ2) is 10.0. The second-order valence-corrected chi connectivity index (χ2v) is 2.01. The van der Waals surface area contributed by atoms with Gasteiger partial charge in [0.15, 0.2) is 0 Å². The van der Waals surface area contributed by atoms with E-state index in [1.54, 1.807) is 0 Å². The van der Waals surface area contributed by atoms with Crippen molar-refractivity contribution in [3.05, 3.63) is 0 Å². The van der Waals surface area contributed by atoms with Crippen LogP contribution in [-0.4, -0.2) is 41.8 Å². The molecular weight excluding hydrogens is 374 g/mol. The van der Waals surface area contributed by atoms with Crippen molar-refractivity contribution in [1.82, 2.24) is 0 Å². The van der Waals surface area contributed by atoms with Crippen molar-refractivity contribution in [2.75, 3.05) is 0 Å². The van der Waals surface area contributed by atoms with E-state index < -0.39 is 34.7 Å². The van der Waals surface area contributed by atoms with Crippen molar-refractivity contribution in [3.63, 3.8) is 0 Å². The van der Waals surface area contributed by atoms with Crippen LogP contribution in [0.5, 0.6) is 0 Å². The van der Waals surface area contributed by atoms with Gasteiger partial charge in [-0.3, -0.25) is 4.55 Å². The molecule has 0 aliphatic carbocycles. The van der Waals surface area contributed by atoms with E-state index >= 15 is 0 Å². The zero-order valence-corrected chi connectivity index (χ0v) is 12.2. The van der Waals surface area contributed by atoms with Crippen LogP contribution in [0.3, 0.4) is 0 Å². The summed E-state index contributed by atoms with van der Waals surface area (Å²) in [7, 11) is -4.92. The molecule has 0 heterocycles. The topological polar surface area (TPSA) is 112 Å². The molecule has 0 unspecified atom stereocenters. The standard InChI is InChI=1S/K.H2O4S.2O.Pb/c;1-5(2,3)4;;;/h;(H2,1,2,3,4);;;/q+1;;;;/p-1. The van der Waals surface area contributed by atoms with Crippen molar-refractivity contribution in [2.24, 2.45) is 0 Å². The number of rotatable bonds is 0. The normalized spacial score (nSPS) is 7.33. The van der Waals surface area contributed by atoms with E-state index in [1.807, 2.05) is 0 Å². The molecule has 0 atom stereocenters. The molecule has 9 heavy (non-hydrogen) atoms. The van der Waals surface area contributed by atoms with Crippen LogP contribution in [0.25, 0.3) is 0 Å². The predicted octanol–water partition coefficient (Wildman–Crippen LogP) is -4.61. The van der Waals surface area contributed by atoms with Crippen molar-refractivity contribution in [2.45, 2.75) is 0 Å². The van der Waals surface area contributed by atoms with Gasteiger partial charge in [-0.15, -0.1) is 0 Å². The van der Waals surface area contributed by atoms with Crippen LogP contribution in [0, 0.1) is 0 Å². The van der Waals surface area contributed by atoms with Crippen LogP contribution < -0.4 is 51.4 Å². The van der Waals surface area contributed by atoms with Crippen LogP contribution in [0.1, 0.15) is 0 Å². The van der Waals surface area contributed by atoms with Gasteiger partial charge in [0, 0.05) is 0 Å². The first-order valence-corrected chi connectivity index (χ1v) is 5.63. The van der Waals surface area contributed by atoms with Gasteiger partial charge in [-0.25, -0.2) is 8.42 Å². The van der Waals surface area contributed by atoms with Crippen molar-refractivity contribution in [1.29, 1.82) is 0 Å². The molecule has 0 aliphatic rings. The molecular formula is HKO6PbS. The van der Waals surface area contributed by atoms with E-state index in [4.69, 9.17) is 22.9 Å². The fraction of sp³-hybridized carbons (Fsp3) is 0. The molecule has 0 bridgehead atoms. The average molecular weight is 375 g/mol. The molecule has 0 radical (unpaired) electrons. The van der Waals surface area contributed by atoms with Crippen LogP contribution in [-0.2, 0) is 15.8 Å². The third kappa shape index (κ3) is 157. The summed E-state index contributed by atoms with van der Waals surface area (Å²) < 4.78 is 50.0. The molecule has 0 fully saturated rings. The van der Waals surface area contributed by atoms with Gasteiger partial charge in [0.1, 0.15) is 0 Å². The Bertz CT molecular complexity index is 153. The molecule has 48 valence electrons. The van der Waals surface area contributed by atoms with Crippen LogP contribution in [0.2, 0.25) is 0 Å². The molecule has 9 heteroatoms. The van der Waals surface area contributed by atoms with Crippen molar-refractivity contribution < 1.29 is 74.3 Å². The van der Waals surface area contributed by atoms with E-state index in [0.29, 0.717) is 0 Å². The zero-order valence-electron chi connectivity index (χ0n) is 4.40. The SMILES string of the molecule is O=S(=O)([O-])O.[K+].[O]=[Pb]=[O]. The van der Waals surface area contributed by atoms with Gasteiger partial charge < -0.3 is 4.55 Å². The van der Waals surface area contributed by atoms with Crippen molar-refractivity contribution in [3.8, 4) is 0 Å². The quantitative estimate of drug-likeness (QED) is 0.259. The summed E-state index contributed by atoms with van der Waals surface area (Å²) in [5, 5.41) is 0. The average Bonchev–Trinajstić information content (AvgIpc) is 1.27. The van der Waals surface area contributed by atoms with Gasteiger partial charge >= 0.3 is 81.0 Å². The van der Waals surface area contributed by atoms with Crippen LogP contribution in [0.4, 0.5) is 0 Å². The first kappa shape index (κ1) is 17.2.